The van der Waals surface area contributed by atoms with Crippen LogP contribution in [-0.2, 0) is 4.79 Å². The Morgan fingerprint density at radius 3 is 2.56 bits per heavy atom. The first-order chi connectivity index (χ1) is 18.8. The Balaban J connectivity index is 0.00000194. The van der Waals surface area contributed by atoms with Gasteiger partial charge in [0.25, 0.3) is 11.8 Å². The van der Waals surface area contributed by atoms with Crippen LogP contribution in [0.4, 0.5) is 5.69 Å². The number of carbonyl (C=O) groups is 2. The highest BCUT2D eigenvalue weighted by atomic mass is 35.5. The Bertz CT molecular complexity index is 1620. The van der Waals surface area contributed by atoms with Crippen LogP contribution in [0.1, 0.15) is 58.6 Å². The molecule has 1 aliphatic heterocycles. The van der Waals surface area contributed by atoms with E-state index in [1.807, 2.05) is 85.5 Å². The van der Waals surface area contributed by atoms with Gasteiger partial charge in [0.05, 0.1) is 23.0 Å². The number of nitrogens with one attached hydrogen (secondary N) is 3. The lowest BCUT2D eigenvalue weighted by molar-refractivity contribution is -0.110. The Kier molecular flexibility index (Phi) is 8.77. The molecule has 214 valence electrons. The first-order valence-electron chi connectivity index (χ1n) is 13.4. The number of halogens is 2. The third-order valence-corrected chi connectivity index (χ3v) is 7.93. The van der Waals surface area contributed by atoms with E-state index < -0.39 is 0 Å². The van der Waals surface area contributed by atoms with Crippen molar-refractivity contribution in [3.05, 3.63) is 89.0 Å². The predicted molar refractivity (Wildman–Crippen MR) is 168 cm³/mol. The van der Waals surface area contributed by atoms with Crippen LogP contribution in [0.5, 0.6) is 0 Å². The molecule has 0 radical (unpaired) electrons. The van der Waals surface area contributed by atoms with E-state index in [1.54, 1.807) is 0 Å². The summed E-state index contributed by atoms with van der Waals surface area (Å²) in [6.45, 7) is 4.25. The number of amides is 2. The second kappa shape index (κ2) is 11.9. The van der Waals surface area contributed by atoms with E-state index >= 15 is 0 Å². The summed E-state index contributed by atoms with van der Waals surface area (Å²) >= 11 is 0. The number of aromatic nitrogens is 3. The maximum absolute atomic E-state index is 13.1. The molecule has 0 saturated heterocycles. The van der Waals surface area contributed by atoms with Crippen LogP contribution in [0.25, 0.3) is 28.5 Å². The standard InChI is InChI=1S/C31H32N6O2.2ClH/c1-19-27(35-20(2)28(19)30(39)33-18-31(32)12-6-7-13-31)15-25-24-14-21(10-11-26(24)36-29(25)38)22-16-34-37(17-22)23-8-4-3-5-9-23;;/h3-5,8-11,14-17,35H,6-7,12-13,18,32H2,1-2H3,(H,33,39)(H,36,38);2*1H/b25-15-;;. The summed E-state index contributed by atoms with van der Waals surface area (Å²) in [7, 11) is 0. The highest BCUT2D eigenvalue weighted by Gasteiger charge is 2.31. The van der Waals surface area contributed by atoms with Crippen molar-refractivity contribution >= 4 is 54.0 Å². The zero-order chi connectivity index (χ0) is 27.1. The van der Waals surface area contributed by atoms with E-state index in [0.717, 1.165) is 70.7 Å². The van der Waals surface area contributed by atoms with Gasteiger partial charge in [-0.2, -0.15) is 5.10 Å². The van der Waals surface area contributed by atoms with Crippen LogP contribution >= 0.6 is 24.8 Å². The number of rotatable bonds is 6. The number of aromatic amines is 1. The largest absolute Gasteiger partial charge is 0.358 e. The third-order valence-electron chi connectivity index (χ3n) is 7.93. The number of nitrogens with zero attached hydrogens (tertiary/aromatic N) is 2. The third kappa shape index (κ3) is 5.81. The molecule has 10 heteroatoms. The topological polar surface area (TPSA) is 118 Å². The van der Waals surface area contributed by atoms with Gasteiger partial charge in [0.2, 0.25) is 0 Å². The van der Waals surface area contributed by atoms with E-state index in [1.165, 1.54) is 0 Å². The molecule has 0 bridgehead atoms. The first kappa shape index (κ1) is 30.1. The van der Waals surface area contributed by atoms with E-state index in [9.17, 15) is 9.59 Å². The lowest BCUT2D eigenvalue weighted by Crippen LogP contribution is -2.48. The monoisotopic (exact) mass is 592 g/mol. The van der Waals surface area contributed by atoms with Crippen LogP contribution < -0.4 is 16.4 Å². The van der Waals surface area contributed by atoms with Gasteiger partial charge in [0.1, 0.15) is 0 Å². The number of nitrogens with two attached hydrogens (primary N) is 1. The number of hydrogen-bond donors (Lipinski definition) is 4. The Morgan fingerprint density at radius 2 is 1.83 bits per heavy atom. The maximum atomic E-state index is 13.1. The molecule has 3 heterocycles. The minimum Gasteiger partial charge on any atom is -0.358 e. The van der Waals surface area contributed by atoms with Gasteiger partial charge in [-0.3, -0.25) is 9.59 Å². The molecule has 2 amide bonds. The van der Waals surface area contributed by atoms with Crippen molar-refractivity contribution in [3.63, 3.8) is 0 Å². The zero-order valence-corrected chi connectivity index (χ0v) is 24.6. The SMILES string of the molecule is Cc1[nH]c(/C=C2\C(=O)Nc3ccc(-c4cnn(-c5ccccc5)c4)cc32)c(C)c1C(=O)NCC1(N)CCCC1.Cl.Cl. The molecule has 6 rings (SSSR count). The van der Waals surface area contributed by atoms with Crippen LogP contribution in [0, 0.1) is 13.8 Å². The highest BCUT2D eigenvalue weighted by Crippen LogP contribution is 2.37. The number of anilines is 1. The predicted octanol–water partition coefficient (Wildman–Crippen LogP) is 5.82. The fraction of sp³-hybridized carbons (Fsp3) is 0.258. The van der Waals surface area contributed by atoms with Crippen molar-refractivity contribution < 1.29 is 9.59 Å². The summed E-state index contributed by atoms with van der Waals surface area (Å²) in [5, 5.41) is 10.5. The van der Waals surface area contributed by atoms with E-state index in [2.05, 4.69) is 20.7 Å². The molecule has 0 spiro atoms. The molecule has 2 aromatic heterocycles. The Labute approximate surface area is 251 Å². The molecule has 0 unspecified atom stereocenters. The van der Waals surface area contributed by atoms with Crippen LogP contribution in [0.3, 0.4) is 0 Å². The Morgan fingerprint density at radius 1 is 1.10 bits per heavy atom. The summed E-state index contributed by atoms with van der Waals surface area (Å²) in [6, 6.07) is 15.8. The molecule has 0 atom stereocenters. The average Bonchev–Trinajstić information content (AvgIpc) is 3.71. The van der Waals surface area contributed by atoms with Gasteiger partial charge >= 0.3 is 0 Å². The minimum absolute atomic E-state index is 0. The number of benzene rings is 2. The van der Waals surface area contributed by atoms with Crippen LogP contribution in [-0.4, -0.2) is 38.7 Å². The molecule has 1 saturated carbocycles. The van der Waals surface area contributed by atoms with Gasteiger partial charge in [0.15, 0.2) is 0 Å². The van der Waals surface area contributed by atoms with E-state index in [4.69, 9.17) is 5.73 Å². The fourth-order valence-electron chi connectivity index (χ4n) is 5.71. The summed E-state index contributed by atoms with van der Waals surface area (Å²) in [5.74, 6) is -0.317. The number of aryl methyl sites for hydroxylation is 1. The Hall–Kier alpha value is -3.85. The second-order valence-electron chi connectivity index (χ2n) is 10.7. The van der Waals surface area contributed by atoms with Crippen molar-refractivity contribution in [2.24, 2.45) is 5.73 Å². The molecule has 1 aliphatic carbocycles. The van der Waals surface area contributed by atoms with Crippen molar-refractivity contribution in [1.82, 2.24) is 20.1 Å². The van der Waals surface area contributed by atoms with Gasteiger partial charge in [-0.25, -0.2) is 4.68 Å². The minimum atomic E-state index is -0.320. The van der Waals surface area contributed by atoms with Gasteiger partial charge in [0, 0.05) is 46.5 Å². The summed E-state index contributed by atoms with van der Waals surface area (Å²) < 4.78 is 1.83. The van der Waals surface area contributed by atoms with Crippen molar-refractivity contribution in [3.8, 4) is 16.8 Å². The maximum Gasteiger partial charge on any atom is 0.256 e. The van der Waals surface area contributed by atoms with Crippen molar-refractivity contribution in [2.45, 2.75) is 45.1 Å². The molecule has 5 N–H and O–H groups in total. The number of carbonyl (C=O) groups excluding carboxylic acids is 2. The molecular weight excluding hydrogens is 559 g/mol. The quantitative estimate of drug-likeness (QED) is 0.211. The molecule has 1 fully saturated rings. The molecule has 8 nitrogen and oxygen atoms in total. The lowest BCUT2D eigenvalue weighted by Gasteiger charge is -2.23. The lowest BCUT2D eigenvalue weighted by atomic mass is 9.98. The number of hydrogen-bond acceptors (Lipinski definition) is 4. The summed E-state index contributed by atoms with van der Waals surface area (Å²) in [5.41, 5.74) is 14.0. The highest BCUT2D eigenvalue weighted by molar-refractivity contribution is 6.35. The second-order valence-corrected chi connectivity index (χ2v) is 10.7. The van der Waals surface area contributed by atoms with Crippen molar-refractivity contribution in [1.29, 1.82) is 0 Å². The number of fused-ring (bicyclic) bond motifs is 1. The van der Waals surface area contributed by atoms with Gasteiger partial charge < -0.3 is 21.4 Å². The summed E-state index contributed by atoms with van der Waals surface area (Å²) in [4.78, 5) is 29.4. The van der Waals surface area contributed by atoms with E-state index in [0.29, 0.717) is 17.7 Å². The normalized spacial score (nSPS) is 16.1. The van der Waals surface area contributed by atoms with E-state index in [-0.39, 0.29) is 42.2 Å². The molecule has 41 heavy (non-hydrogen) atoms. The van der Waals surface area contributed by atoms with Gasteiger partial charge in [-0.1, -0.05) is 37.1 Å². The fourth-order valence-corrected chi connectivity index (χ4v) is 5.71. The number of H-pyrrole nitrogens is 1. The van der Waals surface area contributed by atoms with Crippen LogP contribution in [0.15, 0.2) is 60.9 Å². The summed E-state index contributed by atoms with van der Waals surface area (Å²) in [6.07, 6.45) is 9.70. The van der Waals surface area contributed by atoms with Gasteiger partial charge in [-0.05, 0) is 68.2 Å². The zero-order valence-electron chi connectivity index (χ0n) is 23.0. The van der Waals surface area contributed by atoms with Gasteiger partial charge in [-0.15, -0.1) is 24.8 Å². The average molecular weight is 594 g/mol. The molecule has 4 aromatic rings. The molecular formula is C31H34Cl2N6O2. The van der Waals surface area contributed by atoms with Crippen LogP contribution in [0.2, 0.25) is 0 Å². The number of para-hydroxylation sites is 1. The molecule has 2 aromatic carbocycles. The first-order valence-corrected chi connectivity index (χ1v) is 13.4. The van der Waals surface area contributed by atoms with Crippen molar-refractivity contribution in [2.75, 3.05) is 11.9 Å². The molecule has 2 aliphatic rings. The smallest absolute Gasteiger partial charge is 0.256 e.